The van der Waals surface area contributed by atoms with Crippen molar-refractivity contribution in [2.24, 2.45) is 5.73 Å². The molecule has 7 heteroatoms. The summed E-state index contributed by atoms with van der Waals surface area (Å²) in [4.78, 5) is 26.4. The number of benzene rings is 1. The van der Waals surface area contributed by atoms with Crippen LogP contribution in [-0.4, -0.2) is 59.9 Å². The van der Waals surface area contributed by atoms with Crippen LogP contribution in [-0.2, 0) is 0 Å². The molecule has 7 nitrogen and oxygen atoms in total. The third kappa shape index (κ3) is 3.31. The van der Waals surface area contributed by atoms with E-state index in [1.165, 1.54) is 24.3 Å². The van der Waals surface area contributed by atoms with E-state index in [0.29, 0.717) is 25.2 Å². The van der Waals surface area contributed by atoms with E-state index in [1.54, 1.807) is 4.90 Å². The number of piperazine rings is 1. The molecule has 2 N–H and O–H groups in total. The Bertz CT molecular complexity index is 481. The number of amides is 1. The molecular weight excluding hydrogens is 260 g/mol. The molecule has 0 unspecified atom stereocenters. The quantitative estimate of drug-likeness (QED) is 0.632. The minimum atomic E-state index is -0.472. The van der Waals surface area contributed by atoms with Gasteiger partial charge in [-0.15, -0.1) is 0 Å². The van der Waals surface area contributed by atoms with Crippen LogP contribution >= 0.6 is 0 Å². The summed E-state index contributed by atoms with van der Waals surface area (Å²) in [5.74, 6) is -0.0766. The standard InChI is InChI=1S/C13H18N4O3/c14-5-6-15-7-9-16(10-8-15)13(18)11-1-3-12(4-2-11)17(19)20/h1-4H,5-10,14H2. The third-order valence-corrected chi connectivity index (χ3v) is 3.43. The Morgan fingerprint density at radius 3 is 2.30 bits per heavy atom. The van der Waals surface area contributed by atoms with E-state index in [-0.39, 0.29) is 11.6 Å². The number of carbonyl (C=O) groups excluding carboxylic acids is 1. The molecule has 0 aromatic heterocycles. The van der Waals surface area contributed by atoms with E-state index in [0.717, 1.165) is 19.6 Å². The van der Waals surface area contributed by atoms with Crippen LogP contribution in [0.3, 0.4) is 0 Å². The van der Waals surface area contributed by atoms with Crippen LogP contribution in [0.25, 0.3) is 0 Å². The lowest BCUT2D eigenvalue weighted by Gasteiger charge is -2.34. The average molecular weight is 278 g/mol. The van der Waals surface area contributed by atoms with Gasteiger partial charge >= 0.3 is 0 Å². The second-order valence-electron chi connectivity index (χ2n) is 4.73. The number of carbonyl (C=O) groups is 1. The van der Waals surface area contributed by atoms with Crippen LogP contribution in [0.4, 0.5) is 5.69 Å². The highest BCUT2D eigenvalue weighted by atomic mass is 16.6. The highest BCUT2D eigenvalue weighted by Crippen LogP contribution is 2.14. The summed E-state index contributed by atoms with van der Waals surface area (Å²) in [6.45, 7) is 4.42. The molecule has 1 aromatic carbocycles. The van der Waals surface area contributed by atoms with Gasteiger partial charge in [-0.2, -0.15) is 0 Å². The summed E-state index contributed by atoms with van der Waals surface area (Å²) in [5.41, 5.74) is 5.99. The number of hydrogen-bond acceptors (Lipinski definition) is 5. The summed E-state index contributed by atoms with van der Waals surface area (Å²) in [7, 11) is 0. The summed E-state index contributed by atoms with van der Waals surface area (Å²) in [6.07, 6.45) is 0. The first-order valence-corrected chi connectivity index (χ1v) is 6.58. The Balaban J connectivity index is 1.96. The van der Waals surface area contributed by atoms with Crippen molar-refractivity contribution in [1.82, 2.24) is 9.80 Å². The molecular formula is C13H18N4O3. The molecule has 0 radical (unpaired) electrons. The lowest BCUT2D eigenvalue weighted by atomic mass is 10.1. The van der Waals surface area contributed by atoms with E-state index in [9.17, 15) is 14.9 Å². The topological polar surface area (TPSA) is 92.7 Å². The minimum Gasteiger partial charge on any atom is -0.336 e. The van der Waals surface area contributed by atoms with Crippen LogP contribution in [0.5, 0.6) is 0 Å². The minimum absolute atomic E-state index is 0.00526. The molecule has 0 aliphatic carbocycles. The van der Waals surface area contributed by atoms with Crippen molar-refractivity contribution in [2.45, 2.75) is 0 Å². The maximum Gasteiger partial charge on any atom is 0.269 e. The SMILES string of the molecule is NCCN1CCN(C(=O)c2ccc([N+](=O)[O-])cc2)CC1. The van der Waals surface area contributed by atoms with Gasteiger partial charge in [-0.3, -0.25) is 19.8 Å². The van der Waals surface area contributed by atoms with Crippen molar-refractivity contribution in [2.75, 3.05) is 39.3 Å². The first-order valence-electron chi connectivity index (χ1n) is 6.58. The highest BCUT2D eigenvalue weighted by molar-refractivity contribution is 5.94. The number of hydrogen-bond donors (Lipinski definition) is 1. The number of nitro benzene ring substituents is 1. The molecule has 0 saturated carbocycles. The molecule has 2 rings (SSSR count). The number of non-ortho nitro benzene ring substituents is 1. The van der Waals surface area contributed by atoms with Gasteiger partial charge in [0.15, 0.2) is 0 Å². The Morgan fingerprint density at radius 1 is 1.20 bits per heavy atom. The first kappa shape index (κ1) is 14.4. The van der Waals surface area contributed by atoms with Crippen molar-refractivity contribution in [3.05, 3.63) is 39.9 Å². The Morgan fingerprint density at radius 2 is 1.80 bits per heavy atom. The Labute approximate surface area is 117 Å². The normalized spacial score (nSPS) is 16.1. The zero-order valence-electron chi connectivity index (χ0n) is 11.2. The lowest BCUT2D eigenvalue weighted by molar-refractivity contribution is -0.384. The zero-order valence-corrected chi connectivity index (χ0v) is 11.2. The van der Waals surface area contributed by atoms with Gasteiger partial charge in [-0.1, -0.05) is 0 Å². The molecule has 108 valence electrons. The molecule has 1 heterocycles. The Hall–Kier alpha value is -1.99. The van der Waals surface area contributed by atoms with E-state index in [4.69, 9.17) is 5.73 Å². The van der Waals surface area contributed by atoms with Gasteiger partial charge in [-0.25, -0.2) is 0 Å². The predicted octanol–water partition coefficient (Wildman–Crippen LogP) is 0.311. The fourth-order valence-corrected chi connectivity index (χ4v) is 2.27. The number of rotatable bonds is 4. The summed E-state index contributed by atoms with van der Waals surface area (Å²) in [6, 6.07) is 5.73. The van der Waals surface area contributed by atoms with Crippen LogP contribution in [0.2, 0.25) is 0 Å². The largest absolute Gasteiger partial charge is 0.336 e. The molecule has 1 aliphatic heterocycles. The van der Waals surface area contributed by atoms with Crippen LogP contribution < -0.4 is 5.73 Å². The molecule has 1 amide bonds. The molecule has 0 atom stereocenters. The maximum absolute atomic E-state index is 12.3. The predicted molar refractivity (Wildman–Crippen MR) is 74.5 cm³/mol. The maximum atomic E-state index is 12.3. The lowest BCUT2D eigenvalue weighted by Crippen LogP contribution is -2.49. The first-order chi connectivity index (χ1) is 9.61. The fourth-order valence-electron chi connectivity index (χ4n) is 2.27. The molecule has 0 spiro atoms. The smallest absolute Gasteiger partial charge is 0.269 e. The van der Waals surface area contributed by atoms with Gasteiger partial charge in [0.1, 0.15) is 0 Å². The van der Waals surface area contributed by atoms with E-state index in [1.807, 2.05) is 0 Å². The fraction of sp³-hybridized carbons (Fsp3) is 0.462. The van der Waals surface area contributed by atoms with Crippen LogP contribution in [0, 0.1) is 10.1 Å². The zero-order chi connectivity index (χ0) is 14.5. The van der Waals surface area contributed by atoms with E-state index >= 15 is 0 Å². The molecule has 20 heavy (non-hydrogen) atoms. The third-order valence-electron chi connectivity index (χ3n) is 3.43. The van der Waals surface area contributed by atoms with Gasteiger partial charge in [0.2, 0.25) is 0 Å². The monoisotopic (exact) mass is 278 g/mol. The van der Waals surface area contributed by atoms with E-state index in [2.05, 4.69) is 4.90 Å². The molecule has 1 fully saturated rings. The van der Waals surface area contributed by atoms with Gasteiger partial charge in [0.05, 0.1) is 4.92 Å². The van der Waals surface area contributed by atoms with Gasteiger partial charge in [-0.05, 0) is 12.1 Å². The summed E-state index contributed by atoms with van der Waals surface area (Å²) < 4.78 is 0. The molecule has 1 aliphatic rings. The van der Waals surface area contributed by atoms with Crippen molar-refractivity contribution in [3.63, 3.8) is 0 Å². The van der Waals surface area contributed by atoms with Crippen molar-refractivity contribution in [3.8, 4) is 0 Å². The van der Waals surface area contributed by atoms with Crippen LogP contribution in [0.15, 0.2) is 24.3 Å². The highest BCUT2D eigenvalue weighted by Gasteiger charge is 2.22. The second kappa shape index (κ2) is 6.44. The van der Waals surface area contributed by atoms with E-state index < -0.39 is 4.92 Å². The summed E-state index contributed by atoms with van der Waals surface area (Å²) in [5, 5.41) is 10.6. The van der Waals surface area contributed by atoms with Crippen molar-refractivity contribution >= 4 is 11.6 Å². The average Bonchev–Trinajstić information content (AvgIpc) is 2.48. The Kier molecular flexibility index (Phi) is 4.65. The van der Waals surface area contributed by atoms with Crippen molar-refractivity contribution < 1.29 is 9.72 Å². The van der Waals surface area contributed by atoms with Crippen molar-refractivity contribution in [1.29, 1.82) is 0 Å². The van der Waals surface area contributed by atoms with Gasteiger partial charge < -0.3 is 10.6 Å². The second-order valence-corrected chi connectivity index (χ2v) is 4.73. The number of nitrogens with zero attached hydrogens (tertiary/aromatic N) is 3. The molecule has 1 saturated heterocycles. The molecule has 1 aromatic rings. The summed E-state index contributed by atoms with van der Waals surface area (Å²) >= 11 is 0. The van der Waals surface area contributed by atoms with Gasteiger partial charge in [0.25, 0.3) is 11.6 Å². The number of nitrogens with two attached hydrogens (primary N) is 1. The number of nitro groups is 1. The van der Waals surface area contributed by atoms with Crippen LogP contribution in [0.1, 0.15) is 10.4 Å². The molecule has 0 bridgehead atoms. The van der Waals surface area contributed by atoms with Gasteiger partial charge in [0, 0.05) is 57.0 Å².